The summed E-state index contributed by atoms with van der Waals surface area (Å²) in [5.41, 5.74) is 4.75. The number of amides is 2. The maximum absolute atomic E-state index is 13.7. The van der Waals surface area contributed by atoms with E-state index in [1.54, 1.807) is 19.2 Å². The van der Waals surface area contributed by atoms with Crippen molar-refractivity contribution in [3.8, 4) is 11.3 Å². The molecule has 1 atom stereocenters. The Morgan fingerprint density at radius 3 is 2.73 bits per heavy atom. The number of rotatable bonds is 8. The highest BCUT2D eigenvalue weighted by atomic mass is 19.1. The normalized spacial score (nSPS) is 20.9. The van der Waals surface area contributed by atoms with E-state index in [1.807, 2.05) is 23.1 Å². The predicted molar refractivity (Wildman–Crippen MR) is 157 cm³/mol. The van der Waals surface area contributed by atoms with Crippen molar-refractivity contribution >= 4 is 28.4 Å². The van der Waals surface area contributed by atoms with E-state index in [9.17, 15) is 14.0 Å². The van der Waals surface area contributed by atoms with Gasteiger partial charge in [-0.1, -0.05) is 24.3 Å². The lowest BCUT2D eigenvalue weighted by molar-refractivity contribution is -0.133. The molecule has 9 heteroatoms. The van der Waals surface area contributed by atoms with E-state index in [4.69, 9.17) is 4.74 Å². The Labute approximate surface area is 238 Å². The minimum Gasteiger partial charge on any atom is -0.384 e. The molecule has 1 aromatic heterocycles. The molecule has 2 N–H and O–H groups in total. The van der Waals surface area contributed by atoms with Crippen LogP contribution in [0.2, 0.25) is 0 Å². The standard InChI is InChI=1S/C32H34FN5O3/c1-41-21-32(14-17-37(20-32)19-29(39)38-15-12-23(13-16-38)22-4-2-3-5-22)31(40)34-26-10-11-28-27(18-26)30(36-35-28)24-6-8-25(33)9-7-24/h2,4-12,18H,3,13-17,19-21H2,1H3,(H,34,40)(H,35,36). The number of nitrogens with zero attached hydrogens (tertiary/aromatic N) is 3. The molecule has 8 nitrogen and oxygen atoms in total. The third-order valence-corrected chi connectivity index (χ3v) is 8.34. The van der Waals surface area contributed by atoms with E-state index in [0.717, 1.165) is 29.3 Å². The SMILES string of the molecule is COCC1(C(=O)Nc2ccc3[nH]nc(-c4ccc(F)cc4)c3c2)CCN(CC(=O)N2CC=C(C3=CCC=C3)CC2)C1. The van der Waals surface area contributed by atoms with Gasteiger partial charge in [0.1, 0.15) is 5.82 Å². The minimum absolute atomic E-state index is 0.0867. The first-order valence-corrected chi connectivity index (χ1v) is 14.0. The molecule has 1 saturated heterocycles. The van der Waals surface area contributed by atoms with Crippen molar-refractivity contribution in [2.45, 2.75) is 19.3 Å². The number of hydrogen-bond donors (Lipinski definition) is 2. The Kier molecular flexibility index (Phi) is 7.55. The van der Waals surface area contributed by atoms with Crippen LogP contribution >= 0.6 is 0 Å². The van der Waals surface area contributed by atoms with Gasteiger partial charge in [-0.25, -0.2) is 4.39 Å². The molecule has 1 aliphatic carbocycles. The maximum Gasteiger partial charge on any atom is 0.237 e. The van der Waals surface area contributed by atoms with E-state index >= 15 is 0 Å². The Morgan fingerprint density at radius 2 is 2.00 bits per heavy atom. The molecule has 2 amide bonds. The number of anilines is 1. The van der Waals surface area contributed by atoms with Gasteiger partial charge in [0.25, 0.3) is 0 Å². The zero-order valence-corrected chi connectivity index (χ0v) is 23.2. The molecule has 1 fully saturated rings. The van der Waals surface area contributed by atoms with Crippen LogP contribution in [0.3, 0.4) is 0 Å². The first-order valence-electron chi connectivity index (χ1n) is 14.0. The molecule has 212 valence electrons. The molecule has 2 aromatic carbocycles. The van der Waals surface area contributed by atoms with Gasteiger partial charge in [-0.2, -0.15) is 5.10 Å². The topological polar surface area (TPSA) is 90.6 Å². The number of H-pyrrole nitrogens is 1. The number of fused-ring (bicyclic) bond motifs is 1. The van der Waals surface area contributed by atoms with Gasteiger partial charge in [-0.3, -0.25) is 19.6 Å². The van der Waals surface area contributed by atoms with Crippen LogP contribution in [0.25, 0.3) is 22.2 Å². The zero-order valence-electron chi connectivity index (χ0n) is 23.2. The second kappa shape index (κ2) is 11.4. The Hall–Kier alpha value is -4.08. The number of benzene rings is 2. The number of allylic oxidation sites excluding steroid dienone is 4. The van der Waals surface area contributed by atoms with E-state index in [1.165, 1.54) is 23.3 Å². The van der Waals surface area contributed by atoms with Gasteiger partial charge in [0.05, 0.1) is 29.8 Å². The average Bonchev–Trinajstić information content (AvgIpc) is 3.75. The van der Waals surface area contributed by atoms with Crippen molar-refractivity contribution in [2.24, 2.45) is 5.41 Å². The summed E-state index contributed by atoms with van der Waals surface area (Å²) in [5.74, 6) is -0.360. The van der Waals surface area contributed by atoms with Crippen LogP contribution in [-0.2, 0) is 14.3 Å². The number of halogens is 1. The highest BCUT2D eigenvalue weighted by Crippen LogP contribution is 2.34. The van der Waals surface area contributed by atoms with Crippen LogP contribution in [0.1, 0.15) is 19.3 Å². The summed E-state index contributed by atoms with van der Waals surface area (Å²) in [7, 11) is 1.60. The van der Waals surface area contributed by atoms with E-state index in [2.05, 4.69) is 44.7 Å². The number of aromatic nitrogens is 2. The molecule has 3 heterocycles. The molecule has 41 heavy (non-hydrogen) atoms. The number of hydrogen-bond acceptors (Lipinski definition) is 5. The summed E-state index contributed by atoms with van der Waals surface area (Å²) in [6.45, 7) is 2.96. The van der Waals surface area contributed by atoms with E-state index in [-0.39, 0.29) is 30.8 Å². The van der Waals surface area contributed by atoms with Crippen LogP contribution in [0.15, 0.2) is 77.9 Å². The lowest BCUT2D eigenvalue weighted by atomic mass is 9.87. The van der Waals surface area contributed by atoms with Gasteiger partial charge in [0.15, 0.2) is 0 Å². The fraction of sp³-hybridized carbons (Fsp3) is 0.344. The number of likely N-dealkylation sites (tertiary alicyclic amines) is 1. The van der Waals surface area contributed by atoms with Gasteiger partial charge in [-0.05, 0) is 79.4 Å². The minimum atomic E-state index is -0.767. The van der Waals surface area contributed by atoms with Crippen molar-refractivity contribution in [3.05, 3.63) is 83.7 Å². The van der Waals surface area contributed by atoms with Crippen molar-refractivity contribution in [3.63, 3.8) is 0 Å². The van der Waals surface area contributed by atoms with Gasteiger partial charge in [0, 0.05) is 43.4 Å². The number of ether oxygens (including phenoxy) is 1. The van der Waals surface area contributed by atoms with Crippen molar-refractivity contribution in [1.29, 1.82) is 0 Å². The number of carbonyl (C=O) groups excluding carboxylic acids is 2. The maximum atomic E-state index is 13.7. The van der Waals surface area contributed by atoms with Crippen molar-refractivity contribution in [1.82, 2.24) is 20.0 Å². The Morgan fingerprint density at radius 1 is 1.15 bits per heavy atom. The summed E-state index contributed by atoms with van der Waals surface area (Å²) < 4.78 is 19.0. The molecule has 0 spiro atoms. The van der Waals surface area contributed by atoms with Gasteiger partial charge in [-0.15, -0.1) is 0 Å². The number of carbonyl (C=O) groups is 2. The highest BCUT2D eigenvalue weighted by Gasteiger charge is 2.45. The summed E-state index contributed by atoms with van der Waals surface area (Å²) >= 11 is 0. The molecule has 0 saturated carbocycles. The fourth-order valence-corrected chi connectivity index (χ4v) is 6.07. The Balaban J connectivity index is 1.12. The van der Waals surface area contributed by atoms with Gasteiger partial charge >= 0.3 is 0 Å². The van der Waals surface area contributed by atoms with Crippen molar-refractivity contribution < 1.29 is 18.7 Å². The van der Waals surface area contributed by atoms with Crippen LogP contribution in [0, 0.1) is 11.2 Å². The quantitative estimate of drug-likeness (QED) is 0.421. The predicted octanol–water partition coefficient (Wildman–Crippen LogP) is 4.69. The number of aromatic amines is 1. The van der Waals surface area contributed by atoms with Crippen LogP contribution in [-0.4, -0.2) is 78.3 Å². The lowest BCUT2D eigenvalue weighted by Crippen LogP contribution is -2.45. The third kappa shape index (κ3) is 5.60. The molecule has 1 unspecified atom stereocenters. The summed E-state index contributed by atoms with van der Waals surface area (Å²) in [5, 5.41) is 11.3. The summed E-state index contributed by atoms with van der Waals surface area (Å²) in [4.78, 5) is 30.8. The second-order valence-corrected chi connectivity index (χ2v) is 11.1. The van der Waals surface area contributed by atoms with E-state index in [0.29, 0.717) is 44.0 Å². The number of nitrogens with one attached hydrogen (secondary N) is 2. The fourth-order valence-electron chi connectivity index (χ4n) is 6.07. The molecule has 3 aromatic rings. The molecule has 3 aliphatic rings. The van der Waals surface area contributed by atoms with Crippen molar-refractivity contribution in [2.75, 3.05) is 51.8 Å². The first kappa shape index (κ1) is 27.1. The van der Waals surface area contributed by atoms with Crippen LogP contribution in [0.5, 0.6) is 0 Å². The zero-order chi connectivity index (χ0) is 28.4. The first-order chi connectivity index (χ1) is 19.9. The molecule has 6 rings (SSSR count). The van der Waals surface area contributed by atoms with Crippen LogP contribution in [0.4, 0.5) is 10.1 Å². The smallest absolute Gasteiger partial charge is 0.237 e. The molecule has 0 bridgehead atoms. The molecule has 2 aliphatic heterocycles. The number of methoxy groups -OCH3 is 1. The van der Waals surface area contributed by atoms with E-state index < -0.39 is 5.41 Å². The lowest BCUT2D eigenvalue weighted by Gasteiger charge is -2.30. The monoisotopic (exact) mass is 555 g/mol. The third-order valence-electron chi connectivity index (χ3n) is 8.34. The summed E-state index contributed by atoms with van der Waals surface area (Å²) in [6.07, 6.45) is 11.1. The largest absolute Gasteiger partial charge is 0.384 e. The second-order valence-electron chi connectivity index (χ2n) is 11.1. The molecular weight excluding hydrogens is 521 g/mol. The Bertz CT molecular complexity index is 1560. The molecular formula is C32H34FN5O3. The summed E-state index contributed by atoms with van der Waals surface area (Å²) in [6, 6.07) is 11.7. The van der Waals surface area contributed by atoms with Crippen LogP contribution < -0.4 is 5.32 Å². The van der Waals surface area contributed by atoms with Gasteiger partial charge < -0.3 is 15.0 Å². The van der Waals surface area contributed by atoms with Gasteiger partial charge in [0.2, 0.25) is 11.8 Å². The highest BCUT2D eigenvalue weighted by molar-refractivity contribution is 6.00. The molecule has 0 radical (unpaired) electrons. The average molecular weight is 556 g/mol.